The summed E-state index contributed by atoms with van der Waals surface area (Å²) in [4.78, 5) is 0. The quantitative estimate of drug-likeness (QED) is 0.558. The molecule has 2 aromatic rings. The van der Waals surface area contributed by atoms with Crippen LogP contribution in [0.3, 0.4) is 0 Å². The van der Waals surface area contributed by atoms with Crippen molar-refractivity contribution in [1.82, 2.24) is 0 Å². The highest BCUT2D eigenvalue weighted by atomic mass is 16.7. The van der Waals surface area contributed by atoms with Crippen LogP contribution in [0.5, 0.6) is 11.5 Å². The van der Waals surface area contributed by atoms with Crippen LogP contribution in [0.4, 0.5) is 0 Å². The Morgan fingerprint density at radius 1 is 0.826 bits per heavy atom. The number of ether oxygens (including phenoxy) is 4. The van der Waals surface area contributed by atoms with Gasteiger partial charge >= 0.3 is 7.12 Å². The maximum atomic E-state index is 9.52. The zero-order chi connectivity index (χ0) is 16.7. The summed E-state index contributed by atoms with van der Waals surface area (Å²) in [6, 6.07) is 12.6. The summed E-state index contributed by atoms with van der Waals surface area (Å²) in [5, 5.41) is 19.0. The first-order valence-electron chi connectivity index (χ1n) is 6.99. The molecule has 2 N–H and O–H groups in total. The van der Waals surface area contributed by atoms with Crippen LogP contribution < -0.4 is 14.9 Å². The molecule has 0 atom stereocenters. The second-order valence-corrected chi connectivity index (χ2v) is 4.75. The van der Waals surface area contributed by atoms with Gasteiger partial charge in [0, 0.05) is 19.7 Å². The third kappa shape index (κ3) is 4.71. The van der Waals surface area contributed by atoms with Crippen LogP contribution in [-0.2, 0) is 9.47 Å². The predicted molar refractivity (Wildman–Crippen MR) is 86.7 cm³/mol. The van der Waals surface area contributed by atoms with Gasteiger partial charge in [0.05, 0.1) is 0 Å². The Morgan fingerprint density at radius 3 is 2.04 bits per heavy atom. The lowest BCUT2D eigenvalue weighted by atomic mass is 9.78. The van der Waals surface area contributed by atoms with Crippen LogP contribution in [-0.4, -0.2) is 45.0 Å². The Labute approximate surface area is 135 Å². The van der Waals surface area contributed by atoms with Gasteiger partial charge in [-0.05, 0) is 29.3 Å². The van der Waals surface area contributed by atoms with E-state index < -0.39 is 7.12 Å². The summed E-state index contributed by atoms with van der Waals surface area (Å²) in [5.74, 6) is 1.06. The molecule has 0 saturated carbocycles. The zero-order valence-electron chi connectivity index (χ0n) is 13.1. The fourth-order valence-electron chi connectivity index (χ4n) is 2.05. The monoisotopic (exact) mass is 318 g/mol. The Bertz CT molecular complexity index is 614. The first-order valence-corrected chi connectivity index (χ1v) is 6.99. The molecule has 6 nitrogen and oxygen atoms in total. The summed E-state index contributed by atoms with van der Waals surface area (Å²) in [7, 11) is 1.42. The van der Waals surface area contributed by atoms with Crippen LogP contribution in [0.15, 0.2) is 42.5 Å². The van der Waals surface area contributed by atoms with Gasteiger partial charge in [0.1, 0.15) is 11.5 Å². The van der Waals surface area contributed by atoms with Crippen LogP contribution in [0, 0.1) is 0 Å². The van der Waals surface area contributed by atoms with E-state index in [4.69, 9.17) is 18.9 Å². The summed E-state index contributed by atoms with van der Waals surface area (Å²) in [6.07, 6.45) is 0. The van der Waals surface area contributed by atoms with Crippen molar-refractivity contribution in [3.05, 3.63) is 42.5 Å². The zero-order valence-corrected chi connectivity index (χ0v) is 13.1. The molecule has 0 saturated heterocycles. The molecule has 2 rings (SSSR count). The first-order chi connectivity index (χ1) is 11.2. The largest absolute Gasteiger partial charge is 0.492 e. The Morgan fingerprint density at radius 2 is 1.43 bits per heavy atom. The average molecular weight is 318 g/mol. The van der Waals surface area contributed by atoms with Gasteiger partial charge in [0.2, 0.25) is 0 Å². The molecular formula is C16H19BO6. The molecule has 0 radical (unpaired) electrons. The first kappa shape index (κ1) is 17.3. The van der Waals surface area contributed by atoms with Gasteiger partial charge in [0.15, 0.2) is 13.6 Å². The molecule has 0 spiro atoms. The number of methoxy groups -OCH3 is 2. The molecule has 0 aliphatic heterocycles. The van der Waals surface area contributed by atoms with E-state index in [0.29, 0.717) is 11.5 Å². The van der Waals surface area contributed by atoms with E-state index >= 15 is 0 Å². The molecule has 2 aromatic carbocycles. The van der Waals surface area contributed by atoms with Crippen molar-refractivity contribution in [3.8, 4) is 22.6 Å². The molecule has 0 fully saturated rings. The normalized spacial score (nSPS) is 10.4. The van der Waals surface area contributed by atoms with E-state index in [-0.39, 0.29) is 19.0 Å². The molecule has 0 aliphatic rings. The van der Waals surface area contributed by atoms with Crippen molar-refractivity contribution < 1.29 is 29.0 Å². The van der Waals surface area contributed by atoms with Gasteiger partial charge in [-0.15, -0.1) is 0 Å². The van der Waals surface area contributed by atoms with Crippen LogP contribution in [0.2, 0.25) is 0 Å². The van der Waals surface area contributed by atoms with Gasteiger partial charge in [-0.3, -0.25) is 0 Å². The van der Waals surface area contributed by atoms with Gasteiger partial charge in [-0.2, -0.15) is 0 Å². The van der Waals surface area contributed by atoms with E-state index in [2.05, 4.69) is 0 Å². The maximum Gasteiger partial charge on any atom is 0.492 e. The van der Waals surface area contributed by atoms with E-state index in [1.165, 1.54) is 7.11 Å². The highest BCUT2D eigenvalue weighted by Crippen LogP contribution is 2.24. The smallest absolute Gasteiger partial charge is 0.468 e. The molecule has 0 aromatic heterocycles. The molecule has 122 valence electrons. The lowest BCUT2D eigenvalue weighted by Gasteiger charge is -2.12. The number of rotatable bonds is 8. The lowest BCUT2D eigenvalue weighted by molar-refractivity contribution is 0.0511. The van der Waals surface area contributed by atoms with Crippen molar-refractivity contribution in [2.24, 2.45) is 0 Å². The van der Waals surface area contributed by atoms with Gasteiger partial charge in [0.25, 0.3) is 0 Å². The Hall–Kier alpha value is -2.06. The summed E-state index contributed by atoms with van der Waals surface area (Å²) in [6.45, 7) is 0.219. The van der Waals surface area contributed by atoms with Crippen molar-refractivity contribution in [3.63, 3.8) is 0 Å². The van der Waals surface area contributed by atoms with Crippen molar-refractivity contribution in [1.29, 1.82) is 0 Å². The molecule has 23 heavy (non-hydrogen) atoms. The number of hydrogen-bond donors (Lipinski definition) is 2. The van der Waals surface area contributed by atoms with Crippen LogP contribution >= 0.6 is 0 Å². The highest BCUT2D eigenvalue weighted by Gasteiger charge is 2.18. The van der Waals surface area contributed by atoms with E-state index in [0.717, 1.165) is 11.1 Å². The van der Waals surface area contributed by atoms with Crippen molar-refractivity contribution >= 4 is 12.6 Å². The minimum Gasteiger partial charge on any atom is -0.468 e. The number of benzene rings is 2. The van der Waals surface area contributed by atoms with E-state index in [1.54, 1.807) is 19.2 Å². The molecular weight excluding hydrogens is 299 g/mol. The standard InChI is InChI=1S/C16H19BO6/c1-20-10-22-14-6-3-12(4-7-14)13-5-8-16(23-11-21-2)15(9-13)17(18)19/h3-9,18-19H,10-11H2,1-2H3. The third-order valence-electron chi connectivity index (χ3n) is 3.15. The fraction of sp³-hybridized carbons (Fsp3) is 0.250. The van der Waals surface area contributed by atoms with E-state index in [9.17, 15) is 10.0 Å². The summed E-state index contributed by atoms with van der Waals surface area (Å²) in [5.41, 5.74) is 2.02. The number of hydrogen-bond acceptors (Lipinski definition) is 6. The average Bonchev–Trinajstić information content (AvgIpc) is 2.58. The topological polar surface area (TPSA) is 77.4 Å². The predicted octanol–water partition coefficient (Wildman–Crippen LogP) is 0.999. The molecule has 0 amide bonds. The van der Waals surface area contributed by atoms with Gasteiger partial charge in [-0.1, -0.05) is 24.3 Å². The van der Waals surface area contributed by atoms with Crippen molar-refractivity contribution in [2.75, 3.05) is 27.8 Å². The van der Waals surface area contributed by atoms with Gasteiger partial charge < -0.3 is 29.0 Å². The summed E-state index contributed by atoms with van der Waals surface area (Å²) >= 11 is 0. The second-order valence-electron chi connectivity index (χ2n) is 4.75. The van der Waals surface area contributed by atoms with Crippen LogP contribution in [0.1, 0.15) is 0 Å². The maximum absolute atomic E-state index is 9.52. The fourth-order valence-corrected chi connectivity index (χ4v) is 2.05. The minimum absolute atomic E-state index is 0.0323. The molecule has 0 bridgehead atoms. The molecule has 0 unspecified atom stereocenters. The molecule has 0 aliphatic carbocycles. The SMILES string of the molecule is COCOc1ccc(-c2ccc(OCOC)c(B(O)O)c2)cc1. The highest BCUT2D eigenvalue weighted by molar-refractivity contribution is 6.59. The summed E-state index contributed by atoms with van der Waals surface area (Å²) < 4.78 is 20.3. The van der Waals surface area contributed by atoms with Crippen LogP contribution in [0.25, 0.3) is 11.1 Å². The van der Waals surface area contributed by atoms with Crippen molar-refractivity contribution in [2.45, 2.75) is 0 Å². The minimum atomic E-state index is -1.63. The molecule has 0 heterocycles. The molecule has 7 heteroatoms. The Kier molecular flexibility index (Phi) is 6.43. The Balaban J connectivity index is 2.23. The van der Waals surface area contributed by atoms with Gasteiger partial charge in [-0.25, -0.2) is 0 Å². The second kappa shape index (κ2) is 8.54. The van der Waals surface area contributed by atoms with E-state index in [1.807, 2.05) is 30.3 Å². The third-order valence-corrected chi connectivity index (χ3v) is 3.15. The lowest BCUT2D eigenvalue weighted by Crippen LogP contribution is -2.31.